The molecule has 1 fully saturated rings. The highest BCUT2D eigenvalue weighted by Gasteiger charge is 2.31. The van der Waals surface area contributed by atoms with E-state index in [1.54, 1.807) is 0 Å². The molecule has 0 bridgehead atoms. The Morgan fingerprint density at radius 3 is 2.26 bits per heavy atom. The molecule has 2 rings (SSSR count). The van der Waals surface area contributed by atoms with Gasteiger partial charge in [-0.3, -0.25) is 19.4 Å². The van der Waals surface area contributed by atoms with E-state index in [1.165, 1.54) is 0 Å². The number of aliphatic imine (C=N–C) groups is 1. The number of rotatable bonds is 15. The molecule has 1 aromatic rings. The molecule has 1 aliphatic heterocycles. The fraction of sp³-hybridized carbons (Fsp3) is 0.577. The molecular formula is C26H41N7O5. The highest BCUT2D eigenvalue weighted by molar-refractivity contribution is 5.94. The lowest BCUT2D eigenvalue weighted by atomic mass is 10.00. The summed E-state index contributed by atoms with van der Waals surface area (Å²) in [6.45, 7) is 4.84. The molecule has 4 unspecified atom stereocenters. The van der Waals surface area contributed by atoms with Crippen molar-refractivity contribution in [1.82, 2.24) is 21.3 Å². The molecule has 38 heavy (non-hydrogen) atoms. The van der Waals surface area contributed by atoms with Gasteiger partial charge in [-0.25, -0.2) is 4.79 Å². The largest absolute Gasteiger partial charge is 0.480 e. The lowest BCUT2D eigenvalue weighted by Crippen LogP contribution is -2.57. The molecule has 0 aliphatic carbocycles. The van der Waals surface area contributed by atoms with Crippen LogP contribution in [0.1, 0.15) is 51.5 Å². The molecule has 1 aromatic carbocycles. The number of amides is 3. The standard InChI is InChI=1S/C26H41N7O5/c1-16(2)14-20(32-22(34)18-10-6-12-29-18)23(35)33-21(15-17-8-4-3-5-9-17)24(36)31-19(25(37)38)11-7-13-30-26(27)28/h3-5,8-9,16,18-21,29H,6-7,10-15H2,1-2H3,(H,31,36)(H,32,34)(H,33,35)(H,37,38)(H4,27,28,30). The first-order valence-electron chi connectivity index (χ1n) is 13.0. The lowest BCUT2D eigenvalue weighted by Gasteiger charge is -2.26. The van der Waals surface area contributed by atoms with Crippen molar-refractivity contribution in [3.63, 3.8) is 0 Å². The van der Waals surface area contributed by atoms with Gasteiger partial charge in [-0.1, -0.05) is 44.2 Å². The van der Waals surface area contributed by atoms with Crippen LogP contribution in [-0.4, -0.2) is 72.0 Å². The first kappa shape index (κ1) is 30.6. The second-order valence-electron chi connectivity index (χ2n) is 9.94. The Morgan fingerprint density at radius 2 is 1.68 bits per heavy atom. The predicted molar refractivity (Wildman–Crippen MR) is 144 cm³/mol. The summed E-state index contributed by atoms with van der Waals surface area (Å²) < 4.78 is 0. The maximum absolute atomic E-state index is 13.3. The quantitative estimate of drug-likeness (QED) is 0.0901. The molecular weight excluding hydrogens is 490 g/mol. The Labute approximate surface area is 223 Å². The van der Waals surface area contributed by atoms with Crippen molar-refractivity contribution in [2.45, 2.75) is 76.5 Å². The van der Waals surface area contributed by atoms with E-state index in [4.69, 9.17) is 11.5 Å². The molecule has 4 atom stereocenters. The van der Waals surface area contributed by atoms with E-state index in [0.717, 1.165) is 18.5 Å². The summed E-state index contributed by atoms with van der Waals surface area (Å²) in [6.07, 6.45) is 2.54. The second kappa shape index (κ2) is 15.6. The normalized spacial score (nSPS) is 17.2. The molecule has 0 spiro atoms. The van der Waals surface area contributed by atoms with E-state index in [1.807, 2.05) is 44.2 Å². The summed E-state index contributed by atoms with van der Waals surface area (Å²) >= 11 is 0. The molecule has 0 radical (unpaired) electrons. The van der Waals surface area contributed by atoms with Gasteiger partial charge in [0.15, 0.2) is 5.96 Å². The molecule has 0 aromatic heterocycles. The summed E-state index contributed by atoms with van der Waals surface area (Å²) in [6, 6.07) is 5.65. The number of carboxylic acids is 1. The summed E-state index contributed by atoms with van der Waals surface area (Å²) in [5.41, 5.74) is 11.4. The fourth-order valence-corrected chi connectivity index (χ4v) is 4.25. The average molecular weight is 532 g/mol. The second-order valence-corrected chi connectivity index (χ2v) is 9.94. The monoisotopic (exact) mass is 531 g/mol. The van der Waals surface area contributed by atoms with Crippen LogP contribution >= 0.6 is 0 Å². The first-order chi connectivity index (χ1) is 18.1. The number of carbonyl (C=O) groups excluding carboxylic acids is 3. The van der Waals surface area contributed by atoms with Gasteiger partial charge in [0.1, 0.15) is 18.1 Å². The van der Waals surface area contributed by atoms with E-state index in [2.05, 4.69) is 26.3 Å². The minimum atomic E-state index is -1.21. The van der Waals surface area contributed by atoms with Gasteiger partial charge in [0.2, 0.25) is 17.7 Å². The Morgan fingerprint density at radius 1 is 1.03 bits per heavy atom. The number of benzene rings is 1. The van der Waals surface area contributed by atoms with E-state index in [-0.39, 0.29) is 43.2 Å². The molecule has 210 valence electrons. The van der Waals surface area contributed by atoms with Crippen molar-refractivity contribution in [2.75, 3.05) is 13.1 Å². The van der Waals surface area contributed by atoms with Gasteiger partial charge >= 0.3 is 5.97 Å². The number of nitrogens with two attached hydrogens (primary N) is 2. The highest BCUT2D eigenvalue weighted by atomic mass is 16.4. The van der Waals surface area contributed by atoms with Crippen LogP contribution in [0.3, 0.4) is 0 Å². The zero-order valence-electron chi connectivity index (χ0n) is 22.1. The number of carboxylic acid groups (broad SMARTS) is 1. The van der Waals surface area contributed by atoms with Gasteiger partial charge in [-0.15, -0.1) is 0 Å². The van der Waals surface area contributed by atoms with Crippen molar-refractivity contribution in [3.05, 3.63) is 35.9 Å². The minimum Gasteiger partial charge on any atom is -0.480 e. The summed E-state index contributed by atoms with van der Waals surface area (Å²) in [5.74, 6) is -2.59. The van der Waals surface area contributed by atoms with Crippen LogP contribution in [0.4, 0.5) is 0 Å². The molecule has 0 saturated carbocycles. The SMILES string of the molecule is CC(C)CC(NC(=O)C1CCCN1)C(=O)NC(Cc1ccccc1)C(=O)NC(CCCN=C(N)N)C(=O)O. The van der Waals surface area contributed by atoms with Crippen LogP contribution in [0.2, 0.25) is 0 Å². The van der Waals surface area contributed by atoms with Gasteiger partial charge in [0.25, 0.3) is 0 Å². The van der Waals surface area contributed by atoms with Crippen LogP contribution in [-0.2, 0) is 25.6 Å². The zero-order chi connectivity index (χ0) is 28.1. The number of aliphatic carboxylic acids is 1. The van der Waals surface area contributed by atoms with Crippen molar-refractivity contribution in [3.8, 4) is 0 Å². The van der Waals surface area contributed by atoms with E-state index < -0.39 is 35.9 Å². The predicted octanol–water partition coefficient (Wildman–Crippen LogP) is -0.380. The molecule has 12 nitrogen and oxygen atoms in total. The van der Waals surface area contributed by atoms with Crippen LogP contribution in [0.5, 0.6) is 0 Å². The Balaban J connectivity index is 2.16. The van der Waals surface area contributed by atoms with Crippen LogP contribution in [0.15, 0.2) is 35.3 Å². The Hall–Kier alpha value is -3.67. The van der Waals surface area contributed by atoms with E-state index in [9.17, 15) is 24.3 Å². The van der Waals surface area contributed by atoms with Gasteiger partial charge in [-0.2, -0.15) is 0 Å². The maximum atomic E-state index is 13.3. The first-order valence-corrected chi connectivity index (χ1v) is 13.0. The number of hydrogen-bond donors (Lipinski definition) is 7. The number of hydrogen-bond acceptors (Lipinski definition) is 6. The number of nitrogens with zero attached hydrogens (tertiary/aromatic N) is 1. The molecule has 1 heterocycles. The Bertz CT molecular complexity index is 960. The molecule has 3 amide bonds. The number of nitrogens with one attached hydrogen (secondary N) is 4. The summed E-state index contributed by atoms with van der Waals surface area (Å²) in [7, 11) is 0. The van der Waals surface area contributed by atoms with Gasteiger partial charge < -0.3 is 37.8 Å². The highest BCUT2D eigenvalue weighted by Crippen LogP contribution is 2.11. The van der Waals surface area contributed by atoms with Crippen molar-refractivity contribution in [2.24, 2.45) is 22.4 Å². The number of carbonyl (C=O) groups is 4. The third-order valence-corrected chi connectivity index (χ3v) is 6.19. The topological polar surface area (TPSA) is 201 Å². The molecule has 1 saturated heterocycles. The van der Waals surface area contributed by atoms with E-state index in [0.29, 0.717) is 19.3 Å². The van der Waals surface area contributed by atoms with Crippen molar-refractivity contribution >= 4 is 29.7 Å². The van der Waals surface area contributed by atoms with Gasteiger partial charge in [0.05, 0.1) is 6.04 Å². The zero-order valence-corrected chi connectivity index (χ0v) is 22.1. The summed E-state index contributed by atoms with van der Waals surface area (Å²) in [5, 5.41) is 20.9. The van der Waals surface area contributed by atoms with Gasteiger partial charge in [0, 0.05) is 13.0 Å². The van der Waals surface area contributed by atoms with Crippen LogP contribution < -0.4 is 32.7 Å². The van der Waals surface area contributed by atoms with Gasteiger partial charge in [-0.05, 0) is 50.1 Å². The molecule has 1 aliphatic rings. The smallest absolute Gasteiger partial charge is 0.326 e. The van der Waals surface area contributed by atoms with Crippen molar-refractivity contribution in [1.29, 1.82) is 0 Å². The fourth-order valence-electron chi connectivity index (χ4n) is 4.25. The maximum Gasteiger partial charge on any atom is 0.326 e. The molecule has 9 N–H and O–H groups in total. The number of guanidine groups is 1. The Kier molecular flexibility index (Phi) is 12.5. The van der Waals surface area contributed by atoms with Crippen molar-refractivity contribution < 1.29 is 24.3 Å². The van der Waals surface area contributed by atoms with Crippen LogP contribution in [0.25, 0.3) is 0 Å². The van der Waals surface area contributed by atoms with E-state index >= 15 is 0 Å². The summed E-state index contributed by atoms with van der Waals surface area (Å²) in [4.78, 5) is 55.0. The molecule has 12 heteroatoms. The third-order valence-electron chi connectivity index (χ3n) is 6.19. The minimum absolute atomic E-state index is 0.0988. The lowest BCUT2D eigenvalue weighted by molar-refractivity contribution is -0.142. The average Bonchev–Trinajstić information content (AvgIpc) is 3.40. The third kappa shape index (κ3) is 10.8. The van der Waals surface area contributed by atoms with Crippen LogP contribution in [0, 0.1) is 5.92 Å².